The molecule has 5 heteroatoms. The third kappa shape index (κ3) is 2.68. The van der Waals surface area contributed by atoms with Crippen LogP contribution in [0.3, 0.4) is 0 Å². The van der Waals surface area contributed by atoms with Crippen molar-refractivity contribution >= 4 is 9.84 Å². The predicted octanol–water partition coefficient (Wildman–Crippen LogP) is 1.52. The second kappa shape index (κ2) is 5.23. The summed E-state index contributed by atoms with van der Waals surface area (Å²) in [5, 5.41) is -0.403. The molecule has 1 aromatic rings. The van der Waals surface area contributed by atoms with Crippen LogP contribution in [0, 0.1) is 12.3 Å². The standard InChI is InChI=1S/C14H21NO3S/c1-3-18-10-14(9-15)8-13(14)19(16,17)12-6-4-11(2)5-7-12/h4-7,13H,3,8-10,15H2,1-2H3/t13-,14-/m1/s1. The van der Waals surface area contributed by atoms with Crippen LogP contribution in [-0.2, 0) is 14.6 Å². The van der Waals surface area contributed by atoms with Crippen LogP contribution in [-0.4, -0.2) is 33.4 Å². The third-order valence-corrected chi connectivity index (χ3v) is 6.18. The van der Waals surface area contributed by atoms with E-state index in [2.05, 4.69) is 0 Å². The first-order chi connectivity index (χ1) is 8.96. The minimum Gasteiger partial charge on any atom is -0.381 e. The summed E-state index contributed by atoms with van der Waals surface area (Å²) in [6.45, 7) is 5.19. The van der Waals surface area contributed by atoms with Gasteiger partial charge in [0.2, 0.25) is 0 Å². The minimum absolute atomic E-state index is 0.350. The van der Waals surface area contributed by atoms with Crippen molar-refractivity contribution in [2.45, 2.75) is 30.4 Å². The van der Waals surface area contributed by atoms with Gasteiger partial charge < -0.3 is 10.5 Å². The minimum atomic E-state index is -3.29. The molecule has 2 atom stereocenters. The Morgan fingerprint density at radius 1 is 1.37 bits per heavy atom. The maximum absolute atomic E-state index is 12.5. The molecule has 4 nitrogen and oxygen atoms in total. The summed E-state index contributed by atoms with van der Waals surface area (Å²) in [5.74, 6) is 0. The van der Waals surface area contributed by atoms with E-state index in [-0.39, 0.29) is 5.41 Å². The fourth-order valence-corrected chi connectivity index (χ4v) is 4.59. The van der Waals surface area contributed by atoms with Crippen molar-refractivity contribution in [3.8, 4) is 0 Å². The van der Waals surface area contributed by atoms with Crippen LogP contribution in [0.5, 0.6) is 0 Å². The molecular weight excluding hydrogens is 262 g/mol. The number of rotatable bonds is 6. The molecule has 1 fully saturated rings. The third-order valence-electron chi connectivity index (χ3n) is 3.84. The Morgan fingerprint density at radius 2 is 2.00 bits per heavy atom. The highest BCUT2D eigenvalue weighted by molar-refractivity contribution is 7.92. The quantitative estimate of drug-likeness (QED) is 0.859. The van der Waals surface area contributed by atoms with Gasteiger partial charge in [0.1, 0.15) is 0 Å². The molecule has 2 rings (SSSR count). The lowest BCUT2D eigenvalue weighted by molar-refractivity contribution is 0.104. The molecule has 0 heterocycles. The molecule has 0 spiro atoms. The van der Waals surface area contributed by atoms with E-state index in [1.807, 2.05) is 26.0 Å². The number of hydrogen-bond donors (Lipinski definition) is 1. The van der Waals surface area contributed by atoms with Crippen LogP contribution >= 0.6 is 0 Å². The van der Waals surface area contributed by atoms with Gasteiger partial charge in [-0.05, 0) is 32.4 Å². The molecule has 2 N–H and O–H groups in total. The Hall–Kier alpha value is -0.910. The van der Waals surface area contributed by atoms with Crippen LogP contribution in [0.2, 0.25) is 0 Å². The summed E-state index contributed by atoms with van der Waals surface area (Å²) in [6, 6.07) is 6.99. The zero-order valence-electron chi connectivity index (χ0n) is 11.4. The number of aryl methyl sites for hydroxylation is 1. The highest BCUT2D eigenvalue weighted by atomic mass is 32.2. The Balaban J connectivity index is 2.20. The highest BCUT2D eigenvalue weighted by Gasteiger charge is 2.60. The van der Waals surface area contributed by atoms with Crippen molar-refractivity contribution in [1.29, 1.82) is 0 Å². The topological polar surface area (TPSA) is 69.4 Å². The van der Waals surface area contributed by atoms with Crippen LogP contribution in [0.15, 0.2) is 29.2 Å². The van der Waals surface area contributed by atoms with Gasteiger partial charge in [0.25, 0.3) is 0 Å². The molecule has 106 valence electrons. The van der Waals surface area contributed by atoms with Gasteiger partial charge in [0.05, 0.1) is 16.8 Å². The molecule has 0 aromatic heterocycles. The normalized spacial score (nSPS) is 26.4. The highest BCUT2D eigenvalue weighted by Crippen LogP contribution is 2.52. The monoisotopic (exact) mass is 283 g/mol. The molecule has 1 saturated carbocycles. The molecule has 1 aliphatic rings. The van der Waals surface area contributed by atoms with E-state index in [4.69, 9.17) is 10.5 Å². The molecule has 19 heavy (non-hydrogen) atoms. The van der Waals surface area contributed by atoms with E-state index in [0.29, 0.717) is 31.1 Å². The average Bonchev–Trinajstić information content (AvgIpc) is 3.13. The number of hydrogen-bond acceptors (Lipinski definition) is 4. The Labute approximate surface area is 114 Å². The van der Waals surface area contributed by atoms with Crippen LogP contribution < -0.4 is 5.73 Å². The summed E-state index contributed by atoms with van der Waals surface area (Å²) in [7, 11) is -3.29. The van der Waals surface area contributed by atoms with Gasteiger partial charge in [-0.25, -0.2) is 8.42 Å². The molecular formula is C14H21NO3S. The van der Waals surface area contributed by atoms with E-state index < -0.39 is 15.1 Å². The molecule has 0 amide bonds. The van der Waals surface area contributed by atoms with E-state index >= 15 is 0 Å². The molecule has 1 aromatic carbocycles. The Bertz CT molecular complexity index is 538. The van der Waals surface area contributed by atoms with Crippen molar-refractivity contribution in [1.82, 2.24) is 0 Å². The van der Waals surface area contributed by atoms with E-state index in [9.17, 15) is 8.42 Å². The zero-order chi connectivity index (χ0) is 14.1. The first-order valence-electron chi connectivity index (χ1n) is 6.54. The number of ether oxygens (including phenoxy) is 1. The first kappa shape index (κ1) is 14.5. The van der Waals surface area contributed by atoms with Crippen LogP contribution in [0.4, 0.5) is 0 Å². The van der Waals surface area contributed by atoms with Crippen LogP contribution in [0.25, 0.3) is 0 Å². The lowest BCUT2D eigenvalue weighted by atomic mass is 10.1. The van der Waals surface area contributed by atoms with Gasteiger partial charge in [0.15, 0.2) is 9.84 Å². The van der Waals surface area contributed by atoms with Crippen molar-refractivity contribution in [2.75, 3.05) is 19.8 Å². The first-order valence-corrected chi connectivity index (χ1v) is 8.09. The fourth-order valence-electron chi connectivity index (χ4n) is 2.37. The largest absolute Gasteiger partial charge is 0.381 e. The van der Waals surface area contributed by atoms with Gasteiger partial charge in [-0.1, -0.05) is 17.7 Å². The summed E-state index contributed by atoms with van der Waals surface area (Å²) in [5.41, 5.74) is 6.42. The van der Waals surface area contributed by atoms with Crippen LogP contribution in [0.1, 0.15) is 18.9 Å². The summed E-state index contributed by atoms with van der Waals surface area (Å²) in [4.78, 5) is 0.384. The second-order valence-electron chi connectivity index (χ2n) is 5.25. The number of nitrogens with two attached hydrogens (primary N) is 1. The van der Waals surface area contributed by atoms with E-state index in [1.165, 1.54) is 0 Å². The zero-order valence-corrected chi connectivity index (χ0v) is 12.2. The predicted molar refractivity (Wildman–Crippen MR) is 74.8 cm³/mol. The van der Waals surface area contributed by atoms with Gasteiger partial charge in [-0.3, -0.25) is 0 Å². The summed E-state index contributed by atoms with van der Waals surface area (Å²) < 4.78 is 30.5. The van der Waals surface area contributed by atoms with Gasteiger partial charge in [-0.2, -0.15) is 0 Å². The summed E-state index contributed by atoms with van der Waals surface area (Å²) in [6.07, 6.45) is 0.597. The SMILES string of the molecule is CCOC[C@]1(CN)C[C@H]1S(=O)(=O)c1ccc(C)cc1. The van der Waals surface area contributed by atoms with Crippen molar-refractivity contribution in [3.05, 3.63) is 29.8 Å². The Morgan fingerprint density at radius 3 is 2.53 bits per heavy atom. The molecule has 0 saturated heterocycles. The average molecular weight is 283 g/mol. The van der Waals surface area contributed by atoms with Gasteiger partial charge in [0, 0.05) is 18.6 Å². The maximum atomic E-state index is 12.5. The van der Waals surface area contributed by atoms with Crippen molar-refractivity contribution in [2.24, 2.45) is 11.1 Å². The molecule has 0 aliphatic heterocycles. The fraction of sp³-hybridized carbons (Fsp3) is 0.571. The lowest BCUT2D eigenvalue weighted by Gasteiger charge is -2.15. The molecule has 0 radical (unpaired) electrons. The number of benzene rings is 1. The van der Waals surface area contributed by atoms with Crippen molar-refractivity contribution in [3.63, 3.8) is 0 Å². The van der Waals surface area contributed by atoms with E-state index in [1.54, 1.807) is 12.1 Å². The van der Waals surface area contributed by atoms with Gasteiger partial charge in [-0.15, -0.1) is 0 Å². The molecule has 1 aliphatic carbocycles. The summed E-state index contributed by atoms with van der Waals surface area (Å²) >= 11 is 0. The second-order valence-corrected chi connectivity index (χ2v) is 7.38. The number of sulfone groups is 1. The van der Waals surface area contributed by atoms with Gasteiger partial charge >= 0.3 is 0 Å². The van der Waals surface area contributed by atoms with Crippen molar-refractivity contribution < 1.29 is 13.2 Å². The Kier molecular flexibility index (Phi) is 3.99. The molecule has 0 unspecified atom stereocenters. The molecule has 0 bridgehead atoms. The lowest BCUT2D eigenvalue weighted by Crippen LogP contribution is -2.28. The maximum Gasteiger partial charge on any atom is 0.181 e. The smallest absolute Gasteiger partial charge is 0.181 e. The van der Waals surface area contributed by atoms with E-state index in [0.717, 1.165) is 5.56 Å².